The van der Waals surface area contributed by atoms with Gasteiger partial charge in [0, 0.05) is 32.7 Å². The summed E-state index contributed by atoms with van der Waals surface area (Å²) in [4.78, 5) is 2.46. The molecule has 0 radical (unpaired) electrons. The number of nitrogens with one attached hydrogen (secondary N) is 1. The van der Waals surface area contributed by atoms with Gasteiger partial charge in [0.2, 0.25) is 0 Å². The number of benzene rings is 1. The summed E-state index contributed by atoms with van der Waals surface area (Å²) in [5.41, 5.74) is 0.766. The van der Waals surface area contributed by atoms with E-state index in [9.17, 15) is 4.39 Å². The van der Waals surface area contributed by atoms with Gasteiger partial charge in [-0.3, -0.25) is 0 Å². The molecule has 1 N–H and O–H groups in total. The lowest BCUT2D eigenvalue weighted by Crippen LogP contribution is -2.44. The zero-order valence-corrected chi connectivity index (χ0v) is 11.4. The van der Waals surface area contributed by atoms with Crippen LogP contribution in [0.2, 0.25) is 0 Å². The third kappa shape index (κ3) is 3.79. The zero-order valence-electron chi connectivity index (χ0n) is 11.4. The summed E-state index contributed by atoms with van der Waals surface area (Å²) in [6.07, 6.45) is 1.00. The van der Waals surface area contributed by atoms with Crippen molar-refractivity contribution in [3.05, 3.63) is 35.4 Å². The summed E-state index contributed by atoms with van der Waals surface area (Å²) >= 11 is 0. The molecule has 1 aliphatic heterocycles. The molecular weight excluding hydrogens is 227 g/mol. The maximum atomic E-state index is 13.9. The predicted octanol–water partition coefficient (Wildman–Crippen LogP) is 2.34. The summed E-state index contributed by atoms with van der Waals surface area (Å²) in [5.74, 6) is 0. The third-order valence-electron chi connectivity index (χ3n) is 3.54. The average Bonchev–Trinajstić information content (AvgIpc) is 2.37. The Morgan fingerprint density at radius 2 is 2.00 bits per heavy atom. The average molecular weight is 250 g/mol. The first-order valence-electron chi connectivity index (χ1n) is 6.77. The maximum absolute atomic E-state index is 13.9. The van der Waals surface area contributed by atoms with Crippen LogP contribution >= 0.6 is 0 Å². The Morgan fingerprint density at radius 1 is 1.28 bits per heavy atom. The van der Waals surface area contributed by atoms with E-state index in [0.717, 1.165) is 44.7 Å². The second kappa shape index (κ2) is 5.81. The van der Waals surface area contributed by atoms with Crippen LogP contribution < -0.4 is 5.32 Å². The minimum Gasteiger partial charge on any atom is -0.314 e. The van der Waals surface area contributed by atoms with Gasteiger partial charge >= 0.3 is 0 Å². The lowest BCUT2D eigenvalue weighted by atomic mass is 9.97. The van der Waals surface area contributed by atoms with Crippen molar-refractivity contribution in [1.29, 1.82) is 0 Å². The fourth-order valence-electron chi connectivity index (χ4n) is 2.32. The van der Waals surface area contributed by atoms with Crippen LogP contribution in [0.25, 0.3) is 0 Å². The summed E-state index contributed by atoms with van der Waals surface area (Å²) in [6, 6.07) is 7.93. The van der Waals surface area contributed by atoms with Crippen molar-refractivity contribution in [2.45, 2.75) is 25.9 Å². The van der Waals surface area contributed by atoms with E-state index in [1.807, 2.05) is 18.2 Å². The highest BCUT2D eigenvalue weighted by Gasteiger charge is 2.18. The molecule has 0 bridgehead atoms. The predicted molar refractivity (Wildman–Crippen MR) is 73.6 cm³/mol. The van der Waals surface area contributed by atoms with Gasteiger partial charge in [0.05, 0.1) is 0 Å². The molecule has 1 fully saturated rings. The van der Waals surface area contributed by atoms with Gasteiger partial charge in [-0.15, -0.1) is 0 Å². The standard InChI is InChI=1S/C15H23FN2/c1-15(2,16)14-5-3-4-13(12-14)6-9-18-10-7-17-8-11-18/h3-5,12,17H,6-11H2,1-2H3. The van der Waals surface area contributed by atoms with Crippen molar-refractivity contribution >= 4 is 0 Å². The van der Waals surface area contributed by atoms with Crippen molar-refractivity contribution in [2.24, 2.45) is 0 Å². The molecule has 1 heterocycles. The van der Waals surface area contributed by atoms with Crippen molar-refractivity contribution in [3.8, 4) is 0 Å². The van der Waals surface area contributed by atoms with Crippen molar-refractivity contribution < 1.29 is 4.39 Å². The lowest BCUT2D eigenvalue weighted by molar-refractivity contribution is 0.221. The van der Waals surface area contributed by atoms with Crippen LogP contribution in [0.3, 0.4) is 0 Å². The van der Waals surface area contributed by atoms with Crippen LogP contribution in [-0.2, 0) is 12.1 Å². The summed E-state index contributed by atoms with van der Waals surface area (Å²) in [6.45, 7) is 8.69. The molecular formula is C15H23FN2. The minimum absolute atomic E-state index is 0.778. The first kappa shape index (κ1) is 13.5. The molecule has 0 aromatic heterocycles. The molecule has 0 amide bonds. The number of hydrogen-bond donors (Lipinski definition) is 1. The molecule has 0 atom stereocenters. The van der Waals surface area contributed by atoms with Gasteiger partial charge in [0.15, 0.2) is 0 Å². The molecule has 3 heteroatoms. The Kier molecular flexibility index (Phi) is 4.36. The van der Waals surface area contributed by atoms with E-state index in [1.54, 1.807) is 13.8 Å². The second-order valence-corrected chi connectivity index (χ2v) is 5.51. The van der Waals surface area contributed by atoms with E-state index in [4.69, 9.17) is 0 Å². The second-order valence-electron chi connectivity index (χ2n) is 5.51. The highest BCUT2D eigenvalue weighted by Crippen LogP contribution is 2.25. The van der Waals surface area contributed by atoms with Crippen LogP contribution in [0.5, 0.6) is 0 Å². The number of alkyl halides is 1. The molecule has 2 nitrogen and oxygen atoms in total. The Hall–Kier alpha value is -0.930. The molecule has 1 aromatic carbocycles. The SMILES string of the molecule is CC(C)(F)c1cccc(CCN2CCNCC2)c1. The van der Waals surface area contributed by atoms with Crippen LogP contribution in [0.1, 0.15) is 25.0 Å². The van der Waals surface area contributed by atoms with Crippen molar-refractivity contribution in [3.63, 3.8) is 0 Å². The number of nitrogens with zero attached hydrogens (tertiary/aromatic N) is 1. The maximum Gasteiger partial charge on any atom is 0.130 e. The summed E-state index contributed by atoms with van der Waals surface area (Å²) in [5, 5.41) is 3.35. The van der Waals surface area contributed by atoms with Gasteiger partial charge in [-0.1, -0.05) is 24.3 Å². The van der Waals surface area contributed by atoms with E-state index in [-0.39, 0.29) is 0 Å². The highest BCUT2D eigenvalue weighted by atomic mass is 19.1. The highest BCUT2D eigenvalue weighted by molar-refractivity contribution is 5.27. The first-order valence-corrected chi connectivity index (χ1v) is 6.77. The van der Waals surface area contributed by atoms with Crippen molar-refractivity contribution in [2.75, 3.05) is 32.7 Å². The van der Waals surface area contributed by atoms with Crippen molar-refractivity contribution in [1.82, 2.24) is 10.2 Å². The Bertz CT molecular complexity index is 378. The van der Waals surface area contributed by atoms with Gasteiger partial charge in [0.25, 0.3) is 0 Å². The Labute approximate surface area is 109 Å². The monoisotopic (exact) mass is 250 g/mol. The van der Waals surface area contributed by atoms with Gasteiger partial charge < -0.3 is 10.2 Å². The van der Waals surface area contributed by atoms with E-state index in [1.165, 1.54) is 5.56 Å². The van der Waals surface area contributed by atoms with E-state index >= 15 is 0 Å². The summed E-state index contributed by atoms with van der Waals surface area (Å²) in [7, 11) is 0. The molecule has 0 unspecified atom stereocenters. The normalized spacial score (nSPS) is 17.9. The zero-order chi connectivity index (χ0) is 13.0. The molecule has 1 aromatic rings. The quantitative estimate of drug-likeness (QED) is 0.882. The number of hydrogen-bond acceptors (Lipinski definition) is 2. The first-order chi connectivity index (χ1) is 8.55. The van der Waals surface area contributed by atoms with Crippen LogP contribution in [0.4, 0.5) is 4.39 Å². The fourth-order valence-corrected chi connectivity index (χ4v) is 2.32. The Balaban J connectivity index is 1.92. The molecule has 1 aliphatic rings. The molecule has 0 saturated carbocycles. The molecule has 1 saturated heterocycles. The van der Waals surface area contributed by atoms with Gasteiger partial charge in [-0.2, -0.15) is 0 Å². The van der Waals surface area contributed by atoms with Gasteiger partial charge in [-0.05, 0) is 31.4 Å². The molecule has 0 aliphatic carbocycles. The minimum atomic E-state index is -1.24. The van der Waals surface area contributed by atoms with Crippen LogP contribution in [-0.4, -0.2) is 37.6 Å². The molecule has 100 valence electrons. The van der Waals surface area contributed by atoms with E-state index < -0.39 is 5.67 Å². The number of halogens is 1. The smallest absolute Gasteiger partial charge is 0.130 e. The third-order valence-corrected chi connectivity index (χ3v) is 3.54. The van der Waals surface area contributed by atoms with E-state index in [0.29, 0.717) is 0 Å². The van der Waals surface area contributed by atoms with Crippen LogP contribution in [0.15, 0.2) is 24.3 Å². The van der Waals surface area contributed by atoms with Gasteiger partial charge in [0.1, 0.15) is 5.67 Å². The van der Waals surface area contributed by atoms with Gasteiger partial charge in [-0.25, -0.2) is 4.39 Å². The molecule has 2 rings (SSSR count). The summed E-state index contributed by atoms with van der Waals surface area (Å²) < 4.78 is 13.9. The topological polar surface area (TPSA) is 15.3 Å². The number of piperazine rings is 1. The van der Waals surface area contributed by atoms with Crippen LogP contribution in [0, 0.1) is 0 Å². The Morgan fingerprint density at radius 3 is 2.67 bits per heavy atom. The largest absolute Gasteiger partial charge is 0.314 e. The fraction of sp³-hybridized carbons (Fsp3) is 0.600. The molecule has 18 heavy (non-hydrogen) atoms. The van der Waals surface area contributed by atoms with E-state index in [2.05, 4.69) is 16.3 Å². The molecule has 0 spiro atoms. The number of rotatable bonds is 4. The lowest BCUT2D eigenvalue weighted by Gasteiger charge is -2.27.